The first-order valence-corrected chi connectivity index (χ1v) is 6.40. The van der Waals surface area contributed by atoms with Crippen LogP contribution in [-0.4, -0.2) is 4.98 Å². The number of nitrogens with one attached hydrogen (secondary N) is 1. The van der Waals surface area contributed by atoms with Crippen LogP contribution in [0.25, 0.3) is 0 Å². The molecule has 0 amide bonds. The van der Waals surface area contributed by atoms with Gasteiger partial charge in [-0.25, -0.2) is 9.37 Å². The maximum absolute atomic E-state index is 13.1. The van der Waals surface area contributed by atoms with Crippen molar-refractivity contribution in [2.24, 2.45) is 0 Å². The number of halogens is 2. The molecule has 1 aromatic heterocycles. The standard InChI is InChI=1S/C12H12ClFN2S/c1-8-16-7-12(17-8)6-15-5-9-2-10(13)4-11(14)3-9/h2-4,7,15H,5-6H2,1H3. The number of aryl methyl sites for hydroxylation is 1. The van der Waals surface area contributed by atoms with Crippen molar-refractivity contribution >= 4 is 22.9 Å². The van der Waals surface area contributed by atoms with Crippen LogP contribution in [0.2, 0.25) is 5.02 Å². The van der Waals surface area contributed by atoms with Crippen LogP contribution in [0.4, 0.5) is 4.39 Å². The zero-order valence-corrected chi connectivity index (χ0v) is 10.9. The first-order valence-electron chi connectivity index (χ1n) is 5.20. The highest BCUT2D eigenvalue weighted by atomic mass is 35.5. The van der Waals surface area contributed by atoms with E-state index in [1.807, 2.05) is 13.1 Å². The average molecular weight is 271 g/mol. The molecule has 0 fully saturated rings. The monoisotopic (exact) mass is 270 g/mol. The summed E-state index contributed by atoms with van der Waals surface area (Å²) in [4.78, 5) is 5.34. The summed E-state index contributed by atoms with van der Waals surface area (Å²) in [5, 5.41) is 4.71. The molecular formula is C12H12ClFN2S. The van der Waals surface area contributed by atoms with Gasteiger partial charge in [0, 0.05) is 29.2 Å². The number of rotatable bonds is 4. The average Bonchev–Trinajstić information content (AvgIpc) is 2.63. The Morgan fingerprint density at radius 3 is 2.82 bits per heavy atom. The third-order valence-corrected chi connectivity index (χ3v) is 3.35. The van der Waals surface area contributed by atoms with Crippen LogP contribution < -0.4 is 5.32 Å². The highest BCUT2D eigenvalue weighted by Gasteiger charge is 2.01. The molecular weight excluding hydrogens is 259 g/mol. The molecule has 0 bridgehead atoms. The molecule has 0 aliphatic carbocycles. The summed E-state index contributed by atoms with van der Waals surface area (Å²) in [6, 6.07) is 4.55. The molecule has 1 N–H and O–H groups in total. The molecule has 0 aliphatic heterocycles. The van der Waals surface area contributed by atoms with Crippen LogP contribution in [0.15, 0.2) is 24.4 Å². The van der Waals surface area contributed by atoms with Gasteiger partial charge in [0.2, 0.25) is 0 Å². The number of hydrogen-bond acceptors (Lipinski definition) is 3. The molecule has 0 saturated carbocycles. The van der Waals surface area contributed by atoms with Gasteiger partial charge in [0.15, 0.2) is 0 Å². The predicted octanol–water partition coefficient (Wildman–Crippen LogP) is 3.53. The van der Waals surface area contributed by atoms with Gasteiger partial charge >= 0.3 is 0 Å². The lowest BCUT2D eigenvalue weighted by Crippen LogP contribution is -2.11. The second-order valence-corrected chi connectivity index (χ2v) is 5.48. The van der Waals surface area contributed by atoms with Crippen LogP contribution in [0.5, 0.6) is 0 Å². The fourth-order valence-electron chi connectivity index (χ4n) is 1.53. The number of benzene rings is 1. The molecule has 1 aromatic carbocycles. The second kappa shape index (κ2) is 5.58. The molecule has 1 heterocycles. The summed E-state index contributed by atoms with van der Waals surface area (Å²) in [7, 11) is 0. The lowest BCUT2D eigenvalue weighted by molar-refractivity contribution is 0.620. The molecule has 0 unspecified atom stereocenters. The van der Waals surface area contributed by atoms with Gasteiger partial charge in [-0.15, -0.1) is 11.3 Å². The fraction of sp³-hybridized carbons (Fsp3) is 0.250. The first-order chi connectivity index (χ1) is 8.13. The van der Waals surface area contributed by atoms with Crippen LogP contribution in [0.1, 0.15) is 15.4 Å². The van der Waals surface area contributed by atoms with Crippen molar-refractivity contribution in [3.8, 4) is 0 Å². The van der Waals surface area contributed by atoms with Crippen molar-refractivity contribution in [1.29, 1.82) is 0 Å². The van der Waals surface area contributed by atoms with Crippen molar-refractivity contribution in [2.75, 3.05) is 0 Å². The number of thiazole rings is 1. The van der Waals surface area contributed by atoms with Crippen LogP contribution >= 0.6 is 22.9 Å². The molecule has 2 rings (SSSR count). The van der Waals surface area contributed by atoms with Gasteiger partial charge in [-0.3, -0.25) is 0 Å². The third-order valence-electron chi connectivity index (χ3n) is 2.22. The van der Waals surface area contributed by atoms with Gasteiger partial charge in [0.1, 0.15) is 5.82 Å². The van der Waals surface area contributed by atoms with E-state index in [4.69, 9.17) is 11.6 Å². The van der Waals surface area contributed by atoms with Crippen molar-refractivity contribution in [2.45, 2.75) is 20.0 Å². The Morgan fingerprint density at radius 1 is 1.35 bits per heavy atom. The normalized spacial score (nSPS) is 10.8. The predicted molar refractivity (Wildman–Crippen MR) is 68.8 cm³/mol. The maximum Gasteiger partial charge on any atom is 0.125 e. The molecule has 2 nitrogen and oxygen atoms in total. The van der Waals surface area contributed by atoms with E-state index in [9.17, 15) is 4.39 Å². The molecule has 90 valence electrons. The van der Waals surface area contributed by atoms with Crippen molar-refractivity contribution < 1.29 is 4.39 Å². The van der Waals surface area contributed by atoms with Gasteiger partial charge in [-0.2, -0.15) is 0 Å². The van der Waals surface area contributed by atoms with E-state index in [-0.39, 0.29) is 5.82 Å². The molecule has 0 atom stereocenters. The molecule has 0 saturated heterocycles. The fourth-order valence-corrected chi connectivity index (χ4v) is 2.54. The summed E-state index contributed by atoms with van der Waals surface area (Å²) >= 11 is 7.43. The quantitative estimate of drug-likeness (QED) is 0.919. The Bertz CT molecular complexity index is 493. The van der Waals surface area contributed by atoms with Crippen molar-refractivity contribution in [3.63, 3.8) is 0 Å². The number of nitrogens with zero attached hydrogens (tertiary/aromatic N) is 1. The Morgan fingerprint density at radius 2 is 2.18 bits per heavy atom. The van der Waals surface area contributed by atoms with Crippen LogP contribution in [0.3, 0.4) is 0 Å². The Kier molecular flexibility index (Phi) is 4.10. The van der Waals surface area contributed by atoms with Crippen LogP contribution in [0, 0.1) is 12.7 Å². The SMILES string of the molecule is Cc1ncc(CNCc2cc(F)cc(Cl)c2)s1. The highest BCUT2D eigenvalue weighted by molar-refractivity contribution is 7.11. The first kappa shape index (κ1) is 12.5. The molecule has 2 aromatic rings. The Balaban J connectivity index is 1.89. The molecule has 17 heavy (non-hydrogen) atoms. The van der Waals surface area contributed by atoms with E-state index in [1.54, 1.807) is 17.4 Å². The minimum Gasteiger partial charge on any atom is -0.308 e. The van der Waals surface area contributed by atoms with Gasteiger partial charge in [-0.05, 0) is 30.7 Å². The summed E-state index contributed by atoms with van der Waals surface area (Å²) in [5.74, 6) is -0.303. The van der Waals surface area contributed by atoms with E-state index < -0.39 is 0 Å². The Labute approximate surface area is 108 Å². The lowest BCUT2D eigenvalue weighted by Gasteiger charge is -2.04. The summed E-state index contributed by atoms with van der Waals surface area (Å²) in [6.45, 7) is 3.30. The minimum absolute atomic E-state index is 0.303. The topological polar surface area (TPSA) is 24.9 Å². The largest absolute Gasteiger partial charge is 0.308 e. The summed E-state index contributed by atoms with van der Waals surface area (Å²) < 4.78 is 13.1. The van der Waals surface area contributed by atoms with Crippen LogP contribution in [-0.2, 0) is 13.1 Å². The van der Waals surface area contributed by atoms with E-state index in [2.05, 4.69) is 10.3 Å². The molecule has 0 aliphatic rings. The lowest BCUT2D eigenvalue weighted by atomic mass is 10.2. The molecule has 5 heteroatoms. The maximum atomic E-state index is 13.1. The summed E-state index contributed by atoms with van der Waals surface area (Å²) in [5.41, 5.74) is 0.844. The summed E-state index contributed by atoms with van der Waals surface area (Å²) in [6.07, 6.45) is 1.85. The van der Waals surface area contributed by atoms with E-state index in [0.29, 0.717) is 11.6 Å². The zero-order valence-electron chi connectivity index (χ0n) is 9.34. The van der Waals surface area contributed by atoms with E-state index in [0.717, 1.165) is 17.1 Å². The van der Waals surface area contributed by atoms with Gasteiger partial charge in [-0.1, -0.05) is 11.6 Å². The number of aromatic nitrogens is 1. The molecule has 0 radical (unpaired) electrons. The van der Waals surface area contributed by atoms with Gasteiger partial charge in [0.25, 0.3) is 0 Å². The molecule has 0 spiro atoms. The van der Waals surface area contributed by atoms with Crippen molar-refractivity contribution in [1.82, 2.24) is 10.3 Å². The number of hydrogen-bond donors (Lipinski definition) is 1. The highest BCUT2D eigenvalue weighted by Crippen LogP contribution is 2.15. The van der Waals surface area contributed by atoms with E-state index >= 15 is 0 Å². The van der Waals surface area contributed by atoms with Gasteiger partial charge < -0.3 is 5.32 Å². The Hall–Kier alpha value is -0.970. The smallest absolute Gasteiger partial charge is 0.125 e. The second-order valence-electron chi connectivity index (χ2n) is 3.73. The van der Waals surface area contributed by atoms with Gasteiger partial charge in [0.05, 0.1) is 5.01 Å². The third kappa shape index (κ3) is 3.77. The van der Waals surface area contributed by atoms with E-state index in [1.165, 1.54) is 17.0 Å². The minimum atomic E-state index is -0.303. The van der Waals surface area contributed by atoms with Crippen molar-refractivity contribution in [3.05, 3.63) is 50.7 Å². The zero-order chi connectivity index (χ0) is 12.3.